The van der Waals surface area contributed by atoms with Gasteiger partial charge < -0.3 is 9.47 Å². The van der Waals surface area contributed by atoms with E-state index in [9.17, 15) is 13.2 Å². The second-order valence-electron chi connectivity index (χ2n) is 2.63. The first-order valence-corrected chi connectivity index (χ1v) is 5.54. The molecule has 0 bridgehead atoms. The van der Waals surface area contributed by atoms with Crippen LogP contribution in [0, 0.1) is 3.70 Å². The van der Waals surface area contributed by atoms with Crippen molar-refractivity contribution in [2.24, 2.45) is 0 Å². The third-order valence-electron chi connectivity index (χ3n) is 1.56. The second-order valence-corrected chi connectivity index (χ2v) is 3.92. The molecule has 0 N–H and O–H groups in total. The number of hydrogen-bond donors (Lipinski definition) is 0. The highest BCUT2D eigenvalue weighted by Crippen LogP contribution is 2.31. The summed E-state index contributed by atoms with van der Waals surface area (Å²) in [5.41, 5.74) is 0.122. The van der Waals surface area contributed by atoms with Gasteiger partial charge in [-0.15, -0.1) is 24.8 Å². The van der Waals surface area contributed by atoms with E-state index >= 15 is 0 Å². The first-order valence-electron chi connectivity index (χ1n) is 3.92. The minimum absolute atomic E-state index is 0.122. The van der Waals surface area contributed by atoms with Crippen molar-refractivity contribution in [3.8, 4) is 11.6 Å². The van der Waals surface area contributed by atoms with Crippen LogP contribution in [0.5, 0.6) is 11.6 Å². The van der Waals surface area contributed by atoms with Crippen LogP contribution in [0.15, 0.2) is 6.07 Å². The molecule has 0 aromatic carbocycles. The van der Waals surface area contributed by atoms with Crippen molar-refractivity contribution in [1.29, 1.82) is 0 Å². The van der Waals surface area contributed by atoms with E-state index in [-0.39, 0.29) is 15.1 Å². The maximum atomic E-state index is 12.0. The van der Waals surface area contributed by atoms with Gasteiger partial charge in [0.25, 0.3) is 0 Å². The van der Waals surface area contributed by atoms with Gasteiger partial charge in [-0.05, 0) is 28.7 Å². The molecule has 0 saturated heterocycles. The number of rotatable bonds is 3. The summed E-state index contributed by atoms with van der Waals surface area (Å²) in [5.74, 6) is -0.343. The number of halogens is 5. The Morgan fingerprint density at radius 3 is 2.56 bits per heavy atom. The van der Waals surface area contributed by atoms with E-state index in [1.54, 1.807) is 22.6 Å². The zero-order valence-electron chi connectivity index (χ0n) is 7.94. The van der Waals surface area contributed by atoms with E-state index in [0.29, 0.717) is 5.75 Å². The maximum Gasteiger partial charge on any atom is 0.574 e. The molecule has 1 heterocycles. The molecule has 0 saturated carbocycles. The van der Waals surface area contributed by atoms with Gasteiger partial charge in [-0.25, -0.2) is 4.98 Å². The van der Waals surface area contributed by atoms with Gasteiger partial charge in [0.05, 0.1) is 13.0 Å². The Bertz CT molecular complexity index is 386. The van der Waals surface area contributed by atoms with E-state index in [1.165, 1.54) is 13.2 Å². The van der Waals surface area contributed by atoms with E-state index in [0.717, 1.165) is 0 Å². The molecule has 1 aromatic heterocycles. The summed E-state index contributed by atoms with van der Waals surface area (Å²) in [6, 6.07) is 1.36. The number of pyridine rings is 1. The predicted molar refractivity (Wildman–Crippen MR) is 59.7 cm³/mol. The highest BCUT2D eigenvalue weighted by molar-refractivity contribution is 14.1. The Kier molecular flexibility index (Phi) is 4.48. The van der Waals surface area contributed by atoms with Crippen molar-refractivity contribution in [1.82, 2.24) is 4.98 Å². The molecule has 16 heavy (non-hydrogen) atoms. The number of hydrogen-bond acceptors (Lipinski definition) is 3. The standard InChI is InChI=1S/C8H6ClF3INO2/c1-15-5-2-4(3-9)7(14-6(5)13)16-8(10,11)12/h2H,3H2,1H3. The molecule has 0 fully saturated rings. The van der Waals surface area contributed by atoms with Crippen molar-refractivity contribution < 1.29 is 22.6 Å². The molecular weight excluding hydrogens is 361 g/mol. The zero-order chi connectivity index (χ0) is 12.3. The molecular formula is C8H6ClF3INO2. The van der Waals surface area contributed by atoms with Crippen molar-refractivity contribution in [3.63, 3.8) is 0 Å². The summed E-state index contributed by atoms with van der Waals surface area (Å²) < 4.78 is 45.0. The third-order valence-corrected chi connectivity index (χ3v) is 2.62. The molecule has 0 atom stereocenters. The fourth-order valence-corrected chi connectivity index (χ4v) is 1.72. The molecule has 1 rings (SSSR count). The summed E-state index contributed by atoms with van der Waals surface area (Å²) in [4.78, 5) is 3.64. The van der Waals surface area contributed by atoms with Crippen molar-refractivity contribution in [3.05, 3.63) is 15.3 Å². The van der Waals surface area contributed by atoms with Gasteiger partial charge in [-0.2, -0.15) is 0 Å². The smallest absolute Gasteiger partial charge is 0.494 e. The van der Waals surface area contributed by atoms with Crippen LogP contribution in [-0.4, -0.2) is 18.5 Å². The van der Waals surface area contributed by atoms with Gasteiger partial charge in [-0.3, -0.25) is 0 Å². The highest BCUT2D eigenvalue weighted by atomic mass is 127. The van der Waals surface area contributed by atoms with Crippen LogP contribution in [0.4, 0.5) is 13.2 Å². The van der Waals surface area contributed by atoms with Crippen LogP contribution in [0.1, 0.15) is 5.56 Å². The minimum Gasteiger partial charge on any atom is -0.494 e. The molecule has 0 spiro atoms. The fraction of sp³-hybridized carbons (Fsp3) is 0.375. The molecule has 0 aliphatic carbocycles. The maximum absolute atomic E-state index is 12.0. The van der Waals surface area contributed by atoms with Gasteiger partial charge in [0.2, 0.25) is 5.88 Å². The summed E-state index contributed by atoms with van der Waals surface area (Å²) in [7, 11) is 1.39. The van der Waals surface area contributed by atoms with Crippen LogP contribution >= 0.6 is 34.2 Å². The largest absolute Gasteiger partial charge is 0.574 e. The normalized spacial score (nSPS) is 11.4. The van der Waals surface area contributed by atoms with Gasteiger partial charge in [0.15, 0.2) is 5.75 Å². The molecule has 0 aliphatic rings. The molecule has 3 nitrogen and oxygen atoms in total. The van der Waals surface area contributed by atoms with E-state index in [2.05, 4.69) is 9.72 Å². The summed E-state index contributed by atoms with van der Waals surface area (Å²) in [5, 5.41) is 0. The Morgan fingerprint density at radius 2 is 2.12 bits per heavy atom. The van der Waals surface area contributed by atoms with Gasteiger partial charge in [0, 0.05) is 5.56 Å². The molecule has 90 valence electrons. The van der Waals surface area contributed by atoms with Crippen molar-refractivity contribution in [2.45, 2.75) is 12.2 Å². The first-order chi connectivity index (χ1) is 7.37. The minimum atomic E-state index is -4.79. The van der Waals surface area contributed by atoms with E-state index in [1.807, 2.05) is 0 Å². The number of methoxy groups -OCH3 is 1. The predicted octanol–water partition coefficient (Wildman–Crippen LogP) is 3.33. The average molecular weight is 367 g/mol. The highest BCUT2D eigenvalue weighted by Gasteiger charge is 2.33. The third kappa shape index (κ3) is 3.55. The van der Waals surface area contributed by atoms with Crippen LogP contribution in [0.3, 0.4) is 0 Å². The van der Waals surface area contributed by atoms with Crippen LogP contribution < -0.4 is 9.47 Å². The lowest BCUT2D eigenvalue weighted by Crippen LogP contribution is -2.19. The van der Waals surface area contributed by atoms with Crippen LogP contribution in [0.2, 0.25) is 0 Å². The number of aromatic nitrogens is 1. The fourth-order valence-electron chi connectivity index (χ4n) is 0.932. The van der Waals surface area contributed by atoms with Crippen molar-refractivity contribution in [2.75, 3.05) is 7.11 Å². The summed E-state index contributed by atoms with van der Waals surface area (Å²) >= 11 is 7.24. The van der Waals surface area contributed by atoms with E-state index < -0.39 is 12.2 Å². The molecule has 0 aliphatic heterocycles. The van der Waals surface area contributed by atoms with Gasteiger partial charge in [0.1, 0.15) is 3.70 Å². The molecule has 8 heteroatoms. The molecule has 0 amide bonds. The monoisotopic (exact) mass is 367 g/mol. The Labute approximate surface area is 108 Å². The first kappa shape index (κ1) is 13.6. The van der Waals surface area contributed by atoms with Gasteiger partial charge in [-0.1, -0.05) is 0 Å². The number of alkyl halides is 4. The van der Waals surface area contributed by atoms with Gasteiger partial charge >= 0.3 is 6.36 Å². The second kappa shape index (κ2) is 5.26. The molecule has 1 aromatic rings. The summed E-state index contributed by atoms with van der Waals surface area (Å²) in [6.45, 7) is 0. The zero-order valence-corrected chi connectivity index (χ0v) is 10.9. The van der Waals surface area contributed by atoms with Crippen LogP contribution in [0.25, 0.3) is 0 Å². The molecule has 0 unspecified atom stereocenters. The lowest BCUT2D eigenvalue weighted by Gasteiger charge is -2.12. The Morgan fingerprint density at radius 1 is 1.50 bits per heavy atom. The summed E-state index contributed by atoms with van der Waals surface area (Å²) in [6.07, 6.45) is -4.79. The topological polar surface area (TPSA) is 31.4 Å². The Hall–Kier alpha value is -0.440. The SMILES string of the molecule is COc1cc(CCl)c(OC(F)(F)F)nc1I. The van der Waals surface area contributed by atoms with Crippen molar-refractivity contribution >= 4 is 34.2 Å². The van der Waals surface area contributed by atoms with E-state index in [4.69, 9.17) is 16.3 Å². The lowest BCUT2D eigenvalue weighted by molar-refractivity contribution is -0.276. The quantitative estimate of drug-likeness (QED) is 0.467. The molecule has 0 radical (unpaired) electrons. The number of ether oxygens (including phenoxy) is 2. The Balaban J connectivity index is 3.13. The lowest BCUT2D eigenvalue weighted by atomic mass is 10.3. The number of nitrogens with zero attached hydrogens (tertiary/aromatic N) is 1. The average Bonchev–Trinajstić information content (AvgIpc) is 2.16. The van der Waals surface area contributed by atoms with Crippen LogP contribution in [-0.2, 0) is 5.88 Å².